The average Bonchev–Trinajstić information content (AvgIpc) is 2.43. The fourth-order valence-corrected chi connectivity index (χ4v) is 2.54. The Morgan fingerprint density at radius 3 is 2.57 bits per heavy atom. The second-order valence-corrected chi connectivity index (χ2v) is 5.87. The molecule has 1 aromatic rings. The summed E-state index contributed by atoms with van der Waals surface area (Å²) in [6.07, 6.45) is 0. The molecule has 0 saturated heterocycles. The molecule has 0 fully saturated rings. The maximum absolute atomic E-state index is 12.2. The molecule has 0 unspecified atom stereocenters. The molecule has 1 aliphatic heterocycles. The van der Waals surface area contributed by atoms with Crippen molar-refractivity contribution in [2.75, 3.05) is 13.2 Å². The molecule has 1 aromatic carbocycles. The third kappa shape index (κ3) is 3.47. The highest BCUT2D eigenvalue weighted by Crippen LogP contribution is 2.38. The summed E-state index contributed by atoms with van der Waals surface area (Å²) < 4.78 is 11.5. The maximum atomic E-state index is 12.2. The quantitative estimate of drug-likeness (QED) is 0.861. The molecule has 0 radical (unpaired) electrons. The van der Waals surface area contributed by atoms with Gasteiger partial charge in [0, 0.05) is 5.56 Å². The highest BCUT2D eigenvalue weighted by atomic mass is 79.9. The Labute approximate surface area is 130 Å². The molecule has 0 aliphatic carbocycles. The van der Waals surface area contributed by atoms with Crippen LogP contribution in [-0.2, 0) is 4.79 Å². The average molecular weight is 358 g/mol. The van der Waals surface area contributed by atoms with Gasteiger partial charge in [-0.05, 0) is 34.0 Å². The number of aliphatic carboxylic acids is 1. The summed E-state index contributed by atoms with van der Waals surface area (Å²) in [6.45, 7) is 4.33. The van der Waals surface area contributed by atoms with Gasteiger partial charge in [-0.15, -0.1) is 0 Å². The molecule has 1 heterocycles. The Morgan fingerprint density at radius 1 is 1.29 bits per heavy atom. The van der Waals surface area contributed by atoms with Gasteiger partial charge in [-0.1, -0.05) is 13.8 Å². The number of nitrogens with one attached hydrogen (secondary N) is 1. The molecule has 2 rings (SSSR count). The Hall–Kier alpha value is -1.76. The minimum Gasteiger partial charge on any atom is -0.486 e. The standard InChI is InChI=1S/C14H16BrNO5/c1-7(2)11(14(18)19)16-13(17)8-5-9(15)12-10(6-8)20-3-4-21-12/h5-7,11H,3-4H2,1-2H3,(H,16,17)(H,18,19)/t11-/m0/s1. The van der Waals surface area contributed by atoms with E-state index in [2.05, 4.69) is 21.2 Å². The molecule has 1 aliphatic rings. The first-order chi connectivity index (χ1) is 9.90. The van der Waals surface area contributed by atoms with Crippen LogP contribution in [0.1, 0.15) is 24.2 Å². The van der Waals surface area contributed by atoms with Crippen LogP contribution in [-0.4, -0.2) is 36.2 Å². The monoisotopic (exact) mass is 357 g/mol. The molecule has 0 aromatic heterocycles. The van der Waals surface area contributed by atoms with Gasteiger partial charge < -0.3 is 19.9 Å². The Bertz CT molecular complexity index is 573. The molecule has 0 saturated carbocycles. The largest absolute Gasteiger partial charge is 0.486 e. The fraction of sp³-hybridized carbons (Fsp3) is 0.429. The van der Waals surface area contributed by atoms with Crippen LogP contribution < -0.4 is 14.8 Å². The van der Waals surface area contributed by atoms with Crippen molar-refractivity contribution in [1.82, 2.24) is 5.32 Å². The normalized spacial score (nSPS) is 14.7. The first-order valence-electron chi connectivity index (χ1n) is 6.53. The van der Waals surface area contributed by atoms with E-state index in [-0.39, 0.29) is 5.92 Å². The van der Waals surface area contributed by atoms with Crippen LogP contribution in [0.4, 0.5) is 0 Å². The van der Waals surface area contributed by atoms with E-state index in [1.807, 2.05) is 0 Å². The molecule has 114 valence electrons. The summed E-state index contributed by atoms with van der Waals surface area (Å²) in [6, 6.07) is 2.19. The molecule has 6 nitrogen and oxygen atoms in total. The van der Waals surface area contributed by atoms with Crippen LogP contribution >= 0.6 is 15.9 Å². The lowest BCUT2D eigenvalue weighted by molar-refractivity contribution is -0.140. The van der Waals surface area contributed by atoms with Crippen LogP contribution in [0.15, 0.2) is 16.6 Å². The van der Waals surface area contributed by atoms with Crippen molar-refractivity contribution < 1.29 is 24.2 Å². The van der Waals surface area contributed by atoms with Gasteiger partial charge in [-0.2, -0.15) is 0 Å². The summed E-state index contributed by atoms with van der Waals surface area (Å²) in [5.41, 5.74) is 0.318. The summed E-state index contributed by atoms with van der Waals surface area (Å²) in [5, 5.41) is 11.6. The van der Waals surface area contributed by atoms with E-state index in [9.17, 15) is 9.59 Å². The number of carboxylic acids is 1. The van der Waals surface area contributed by atoms with Crippen LogP contribution in [0.2, 0.25) is 0 Å². The lowest BCUT2D eigenvalue weighted by Crippen LogP contribution is -2.44. The Morgan fingerprint density at radius 2 is 1.95 bits per heavy atom. The zero-order chi connectivity index (χ0) is 15.6. The number of hydrogen-bond acceptors (Lipinski definition) is 4. The Balaban J connectivity index is 2.23. The highest BCUT2D eigenvalue weighted by molar-refractivity contribution is 9.10. The molecular formula is C14H16BrNO5. The van der Waals surface area contributed by atoms with Gasteiger partial charge in [-0.25, -0.2) is 4.79 Å². The summed E-state index contributed by atoms with van der Waals surface area (Å²) in [4.78, 5) is 23.3. The highest BCUT2D eigenvalue weighted by Gasteiger charge is 2.25. The number of carboxylic acid groups (broad SMARTS) is 1. The van der Waals surface area contributed by atoms with Crippen molar-refractivity contribution in [1.29, 1.82) is 0 Å². The van der Waals surface area contributed by atoms with E-state index in [0.717, 1.165) is 0 Å². The molecule has 1 atom stereocenters. The number of fused-ring (bicyclic) bond motifs is 1. The van der Waals surface area contributed by atoms with Crippen molar-refractivity contribution in [2.45, 2.75) is 19.9 Å². The number of rotatable bonds is 4. The van der Waals surface area contributed by atoms with Gasteiger partial charge in [0.1, 0.15) is 19.3 Å². The van der Waals surface area contributed by atoms with Crippen molar-refractivity contribution in [2.24, 2.45) is 5.92 Å². The smallest absolute Gasteiger partial charge is 0.326 e. The topological polar surface area (TPSA) is 84.9 Å². The van der Waals surface area contributed by atoms with Crippen molar-refractivity contribution >= 4 is 27.8 Å². The van der Waals surface area contributed by atoms with Crippen molar-refractivity contribution in [3.05, 3.63) is 22.2 Å². The zero-order valence-corrected chi connectivity index (χ0v) is 13.3. The van der Waals surface area contributed by atoms with E-state index >= 15 is 0 Å². The predicted molar refractivity (Wildman–Crippen MR) is 78.9 cm³/mol. The fourth-order valence-electron chi connectivity index (χ4n) is 1.98. The number of amides is 1. The number of halogens is 1. The first-order valence-corrected chi connectivity index (χ1v) is 7.32. The Kier molecular flexibility index (Phi) is 4.72. The summed E-state index contributed by atoms with van der Waals surface area (Å²) in [7, 11) is 0. The van der Waals surface area contributed by atoms with E-state index in [4.69, 9.17) is 14.6 Å². The maximum Gasteiger partial charge on any atom is 0.326 e. The van der Waals surface area contributed by atoms with Crippen LogP contribution in [0.5, 0.6) is 11.5 Å². The van der Waals surface area contributed by atoms with Crippen LogP contribution in [0, 0.1) is 5.92 Å². The van der Waals surface area contributed by atoms with E-state index in [0.29, 0.717) is 34.7 Å². The molecule has 2 N–H and O–H groups in total. The van der Waals surface area contributed by atoms with E-state index in [1.54, 1.807) is 26.0 Å². The van der Waals surface area contributed by atoms with Gasteiger partial charge in [0.25, 0.3) is 5.91 Å². The van der Waals surface area contributed by atoms with Gasteiger partial charge >= 0.3 is 5.97 Å². The van der Waals surface area contributed by atoms with Gasteiger partial charge in [0.15, 0.2) is 11.5 Å². The number of carbonyl (C=O) groups is 2. The van der Waals surface area contributed by atoms with Gasteiger partial charge in [0.05, 0.1) is 4.47 Å². The van der Waals surface area contributed by atoms with Crippen LogP contribution in [0.3, 0.4) is 0 Å². The lowest BCUT2D eigenvalue weighted by Gasteiger charge is -2.21. The third-order valence-corrected chi connectivity index (χ3v) is 3.67. The second kappa shape index (κ2) is 6.34. The molecule has 0 spiro atoms. The minimum absolute atomic E-state index is 0.216. The van der Waals surface area contributed by atoms with Crippen LogP contribution in [0.25, 0.3) is 0 Å². The summed E-state index contributed by atoms with van der Waals surface area (Å²) in [5.74, 6) is -0.718. The lowest BCUT2D eigenvalue weighted by atomic mass is 10.0. The number of hydrogen-bond donors (Lipinski definition) is 2. The SMILES string of the molecule is CC(C)[C@H](NC(=O)c1cc(Br)c2c(c1)OCCO2)C(=O)O. The van der Waals surface area contributed by atoms with Crippen molar-refractivity contribution in [3.63, 3.8) is 0 Å². The van der Waals surface area contributed by atoms with Gasteiger partial charge in [0.2, 0.25) is 0 Å². The number of benzene rings is 1. The summed E-state index contributed by atoms with van der Waals surface area (Å²) >= 11 is 3.32. The van der Waals surface area contributed by atoms with Gasteiger partial charge in [-0.3, -0.25) is 4.79 Å². The molecule has 0 bridgehead atoms. The number of carbonyl (C=O) groups excluding carboxylic acids is 1. The molecule has 7 heteroatoms. The predicted octanol–water partition coefficient (Wildman–Crippen LogP) is 2.06. The van der Waals surface area contributed by atoms with Crippen molar-refractivity contribution in [3.8, 4) is 11.5 Å². The number of ether oxygens (including phenoxy) is 2. The molecule has 21 heavy (non-hydrogen) atoms. The third-order valence-electron chi connectivity index (χ3n) is 3.08. The minimum atomic E-state index is -1.06. The zero-order valence-electron chi connectivity index (χ0n) is 11.7. The van der Waals surface area contributed by atoms with E-state index in [1.165, 1.54) is 0 Å². The molecular weight excluding hydrogens is 342 g/mol. The molecule has 1 amide bonds. The second-order valence-electron chi connectivity index (χ2n) is 5.02. The van der Waals surface area contributed by atoms with E-state index < -0.39 is 17.9 Å². The first kappa shape index (κ1) is 15.6.